The van der Waals surface area contributed by atoms with Gasteiger partial charge in [-0.2, -0.15) is 0 Å². The average molecular weight is 325 g/mol. The fourth-order valence-electron chi connectivity index (χ4n) is 2.58. The van der Waals surface area contributed by atoms with E-state index in [1.165, 1.54) is 32.0 Å². The van der Waals surface area contributed by atoms with Crippen LogP contribution in [0.3, 0.4) is 0 Å². The summed E-state index contributed by atoms with van der Waals surface area (Å²) >= 11 is 0. The summed E-state index contributed by atoms with van der Waals surface area (Å²) in [5.41, 5.74) is 0.352. The van der Waals surface area contributed by atoms with Gasteiger partial charge in [-0.05, 0) is 58.1 Å². The van der Waals surface area contributed by atoms with Crippen LogP contribution in [0.15, 0.2) is 29.2 Å². The second-order valence-electron chi connectivity index (χ2n) is 5.54. The Kier molecular flexibility index (Phi) is 5.55. The summed E-state index contributed by atoms with van der Waals surface area (Å²) < 4.78 is 25.8. The van der Waals surface area contributed by atoms with Crippen LogP contribution in [0.25, 0.3) is 0 Å². The van der Waals surface area contributed by atoms with Crippen LogP contribution in [0.4, 0.5) is 0 Å². The fourth-order valence-corrected chi connectivity index (χ4v) is 3.35. The van der Waals surface area contributed by atoms with Gasteiger partial charge in [-0.15, -0.1) is 0 Å². The summed E-state index contributed by atoms with van der Waals surface area (Å²) in [6, 6.07) is 6.33. The van der Waals surface area contributed by atoms with E-state index in [0.29, 0.717) is 12.1 Å². The Bertz CT molecular complexity index is 625. The molecule has 1 aromatic rings. The van der Waals surface area contributed by atoms with E-state index in [1.807, 2.05) is 0 Å². The molecule has 0 saturated carbocycles. The molecule has 1 aliphatic heterocycles. The maximum absolute atomic E-state index is 12.2. The van der Waals surface area contributed by atoms with Gasteiger partial charge >= 0.3 is 0 Å². The minimum Gasteiger partial charge on any atom is -0.350 e. The number of sulfonamides is 1. The zero-order valence-electron chi connectivity index (χ0n) is 13.0. The van der Waals surface area contributed by atoms with E-state index >= 15 is 0 Å². The Hall–Kier alpha value is -1.44. The van der Waals surface area contributed by atoms with Gasteiger partial charge in [0, 0.05) is 18.2 Å². The van der Waals surface area contributed by atoms with Crippen LogP contribution in [-0.4, -0.2) is 51.9 Å². The van der Waals surface area contributed by atoms with Crippen LogP contribution in [0.2, 0.25) is 0 Å². The molecule has 1 unspecified atom stereocenters. The molecular weight excluding hydrogens is 302 g/mol. The molecule has 1 fully saturated rings. The summed E-state index contributed by atoms with van der Waals surface area (Å²) in [5, 5.41) is 2.88. The summed E-state index contributed by atoms with van der Waals surface area (Å²) in [6.07, 6.45) is 2.42. The molecule has 122 valence electrons. The zero-order valence-corrected chi connectivity index (χ0v) is 13.8. The van der Waals surface area contributed by atoms with Gasteiger partial charge in [0.05, 0.1) is 4.90 Å². The highest BCUT2D eigenvalue weighted by Gasteiger charge is 2.19. The van der Waals surface area contributed by atoms with E-state index < -0.39 is 10.0 Å². The molecule has 0 radical (unpaired) electrons. The fraction of sp³-hybridized carbons (Fsp3) is 0.533. The molecule has 0 bridgehead atoms. The molecule has 7 heteroatoms. The lowest BCUT2D eigenvalue weighted by Gasteiger charge is -2.23. The number of carbonyl (C=O) groups excluding carboxylic acids is 1. The van der Waals surface area contributed by atoms with Crippen LogP contribution in [0.5, 0.6) is 0 Å². The normalized spacial score (nSPS) is 17.4. The molecule has 1 saturated heterocycles. The van der Waals surface area contributed by atoms with Gasteiger partial charge in [-0.25, -0.2) is 13.1 Å². The number of hydrogen-bond acceptors (Lipinski definition) is 4. The Morgan fingerprint density at radius 2 is 2.00 bits per heavy atom. The van der Waals surface area contributed by atoms with Crippen molar-refractivity contribution in [1.82, 2.24) is 14.9 Å². The van der Waals surface area contributed by atoms with Crippen molar-refractivity contribution in [3.8, 4) is 0 Å². The number of benzene rings is 1. The van der Waals surface area contributed by atoms with Gasteiger partial charge in [-0.1, -0.05) is 6.07 Å². The summed E-state index contributed by atoms with van der Waals surface area (Å²) in [7, 11) is -2.19. The molecule has 6 nitrogen and oxygen atoms in total. The number of rotatable bonds is 6. The van der Waals surface area contributed by atoms with Gasteiger partial charge < -0.3 is 5.32 Å². The van der Waals surface area contributed by atoms with Crippen molar-refractivity contribution in [2.45, 2.75) is 30.7 Å². The molecule has 1 atom stereocenters. The van der Waals surface area contributed by atoms with E-state index in [9.17, 15) is 13.2 Å². The molecule has 1 aliphatic rings. The molecule has 1 amide bonds. The lowest BCUT2D eigenvalue weighted by Crippen LogP contribution is -2.40. The van der Waals surface area contributed by atoms with E-state index in [0.717, 1.165) is 13.1 Å². The minimum absolute atomic E-state index is 0.0928. The maximum atomic E-state index is 12.2. The highest BCUT2D eigenvalue weighted by Crippen LogP contribution is 2.12. The van der Waals surface area contributed by atoms with Gasteiger partial charge in [0.2, 0.25) is 10.0 Å². The SMILES string of the molecule is CNS(=O)(=O)c1cccc(C(=O)NCC(C)N2CCCC2)c1. The number of likely N-dealkylation sites (tertiary alicyclic amines) is 1. The van der Waals surface area contributed by atoms with Crippen LogP contribution in [-0.2, 0) is 10.0 Å². The first-order chi connectivity index (χ1) is 10.4. The van der Waals surface area contributed by atoms with Crippen LogP contribution in [0.1, 0.15) is 30.1 Å². The highest BCUT2D eigenvalue weighted by molar-refractivity contribution is 7.89. The summed E-state index contributed by atoms with van der Waals surface area (Å²) in [5.74, 6) is -0.251. The average Bonchev–Trinajstić information content (AvgIpc) is 3.07. The molecule has 0 aliphatic carbocycles. The number of nitrogens with one attached hydrogen (secondary N) is 2. The third kappa shape index (κ3) is 4.06. The van der Waals surface area contributed by atoms with E-state index in [1.54, 1.807) is 12.1 Å². The standard InChI is InChI=1S/C15H23N3O3S/c1-12(18-8-3-4-9-18)11-17-15(19)13-6-5-7-14(10-13)22(20,21)16-2/h5-7,10,12,16H,3-4,8-9,11H2,1-2H3,(H,17,19). The predicted octanol–water partition coefficient (Wildman–Crippen LogP) is 0.809. The zero-order chi connectivity index (χ0) is 16.2. The lowest BCUT2D eigenvalue weighted by atomic mass is 10.2. The second-order valence-corrected chi connectivity index (χ2v) is 7.42. The van der Waals surface area contributed by atoms with E-state index in [2.05, 4.69) is 21.9 Å². The topological polar surface area (TPSA) is 78.5 Å². The van der Waals surface area contributed by atoms with Gasteiger partial charge in [-0.3, -0.25) is 9.69 Å². The monoisotopic (exact) mass is 325 g/mol. The largest absolute Gasteiger partial charge is 0.350 e. The van der Waals surface area contributed by atoms with E-state index in [4.69, 9.17) is 0 Å². The summed E-state index contributed by atoms with van der Waals surface area (Å²) in [6.45, 7) is 4.80. The molecular formula is C15H23N3O3S. The molecule has 0 spiro atoms. The van der Waals surface area contributed by atoms with Crippen molar-refractivity contribution in [2.24, 2.45) is 0 Å². The third-order valence-corrected chi connectivity index (χ3v) is 5.41. The number of carbonyl (C=O) groups is 1. The quantitative estimate of drug-likeness (QED) is 0.811. The van der Waals surface area contributed by atoms with Crippen molar-refractivity contribution in [2.75, 3.05) is 26.7 Å². The molecule has 0 aromatic heterocycles. The summed E-state index contributed by atoms with van der Waals surface area (Å²) in [4.78, 5) is 14.6. The van der Waals surface area contributed by atoms with Gasteiger partial charge in [0.1, 0.15) is 0 Å². The Labute approximate surface area is 131 Å². The second kappa shape index (κ2) is 7.21. The maximum Gasteiger partial charge on any atom is 0.251 e. The molecule has 2 rings (SSSR count). The first-order valence-corrected chi connectivity index (χ1v) is 8.98. The predicted molar refractivity (Wildman–Crippen MR) is 85.3 cm³/mol. The van der Waals surface area contributed by atoms with Crippen molar-refractivity contribution < 1.29 is 13.2 Å². The third-order valence-electron chi connectivity index (χ3n) is 4.00. The Morgan fingerprint density at radius 1 is 1.32 bits per heavy atom. The molecule has 2 N–H and O–H groups in total. The van der Waals surface area contributed by atoms with Crippen molar-refractivity contribution >= 4 is 15.9 Å². The Morgan fingerprint density at radius 3 is 2.64 bits per heavy atom. The first kappa shape index (κ1) is 16.9. The number of amides is 1. The first-order valence-electron chi connectivity index (χ1n) is 7.50. The van der Waals surface area contributed by atoms with Gasteiger partial charge in [0.15, 0.2) is 0 Å². The number of nitrogens with zero attached hydrogens (tertiary/aromatic N) is 1. The van der Waals surface area contributed by atoms with Crippen LogP contribution < -0.4 is 10.0 Å². The van der Waals surface area contributed by atoms with Crippen LogP contribution >= 0.6 is 0 Å². The number of hydrogen-bond donors (Lipinski definition) is 2. The Balaban J connectivity index is 1.99. The van der Waals surface area contributed by atoms with Crippen molar-refractivity contribution in [3.63, 3.8) is 0 Å². The lowest BCUT2D eigenvalue weighted by molar-refractivity contribution is 0.0940. The van der Waals surface area contributed by atoms with Crippen molar-refractivity contribution in [1.29, 1.82) is 0 Å². The molecule has 22 heavy (non-hydrogen) atoms. The van der Waals surface area contributed by atoms with Gasteiger partial charge in [0.25, 0.3) is 5.91 Å². The smallest absolute Gasteiger partial charge is 0.251 e. The van der Waals surface area contributed by atoms with Crippen molar-refractivity contribution in [3.05, 3.63) is 29.8 Å². The minimum atomic E-state index is -3.54. The van der Waals surface area contributed by atoms with E-state index in [-0.39, 0.29) is 16.8 Å². The molecule has 1 aromatic carbocycles. The highest BCUT2D eigenvalue weighted by atomic mass is 32.2. The molecule has 1 heterocycles. The van der Waals surface area contributed by atoms with Crippen LogP contribution in [0, 0.1) is 0 Å².